The first-order valence-corrected chi connectivity index (χ1v) is 14.3. The lowest BCUT2D eigenvalue weighted by Gasteiger charge is -2.44. The molecule has 2 aliphatic heterocycles. The van der Waals surface area contributed by atoms with E-state index in [1.807, 2.05) is 24.3 Å². The number of ether oxygens (including phenoxy) is 1. The molecule has 2 heterocycles. The Morgan fingerprint density at radius 3 is 2.22 bits per heavy atom. The lowest BCUT2D eigenvalue weighted by atomic mass is 9.86. The number of amides is 1. The van der Waals surface area contributed by atoms with Gasteiger partial charge in [0.1, 0.15) is 18.0 Å². The number of likely N-dealkylation sites (tertiary alicyclic amines) is 1. The van der Waals surface area contributed by atoms with Crippen LogP contribution in [0.25, 0.3) is 0 Å². The monoisotopic (exact) mass is 606 g/mol. The molecular weight excluding hydrogens is 571 g/mol. The molecule has 0 saturated carbocycles. The molecule has 1 saturated heterocycles. The number of benzene rings is 2. The average Bonchev–Trinajstić information content (AvgIpc) is 2.85. The molecule has 2 aromatic rings. The number of carbonyl (C=O) groups is 1. The maximum Gasteiger partial charge on any atom is 0.232 e. The molecule has 1 fully saturated rings. The first-order valence-electron chi connectivity index (χ1n) is 13.6. The zero-order valence-electron chi connectivity index (χ0n) is 21.6. The predicted octanol–water partition coefficient (Wildman–Crippen LogP) is 4.63. The largest absolute Gasteiger partial charge is 1.00 e. The van der Waals surface area contributed by atoms with E-state index >= 15 is 0 Å². The molecule has 1 aliphatic carbocycles. The second kappa shape index (κ2) is 12.5. The minimum absolute atomic E-state index is 0. The van der Waals surface area contributed by atoms with Crippen molar-refractivity contribution in [3.05, 3.63) is 69.2 Å². The van der Waals surface area contributed by atoms with Gasteiger partial charge in [-0.2, -0.15) is 0 Å². The first-order chi connectivity index (χ1) is 17.5. The number of quaternary nitrogens is 1. The molecule has 0 unspecified atom stereocenters. The van der Waals surface area contributed by atoms with E-state index in [2.05, 4.69) is 18.3 Å². The summed E-state index contributed by atoms with van der Waals surface area (Å²) < 4.78 is 7.23. The average molecular weight is 608 g/mol. The van der Waals surface area contributed by atoms with E-state index in [1.165, 1.54) is 45.1 Å². The standard InChI is InChI=1S/C30H36Cl2N2O2.BrH/c1-2-34(20-21-8-6-4-3-5-7-9-21)16-14-24(15-17-34)33-30(35)29-25-18-22(31)10-12-27(25)36-28-13-11-23(32)19-26(28)29;/h8,10-13,18-19,24,29H,2-7,9,14-17,20H2,1H3;1H/b21-8+;. The highest BCUT2D eigenvalue weighted by Gasteiger charge is 2.37. The van der Waals surface area contributed by atoms with Crippen LogP contribution in [0.3, 0.4) is 0 Å². The summed E-state index contributed by atoms with van der Waals surface area (Å²) in [6.07, 6.45) is 12.4. The van der Waals surface area contributed by atoms with Gasteiger partial charge >= 0.3 is 0 Å². The molecule has 0 radical (unpaired) electrons. The van der Waals surface area contributed by atoms with Gasteiger partial charge < -0.3 is 31.5 Å². The number of piperidine rings is 1. The summed E-state index contributed by atoms with van der Waals surface area (Å²) in [6.45, 7) is 6.87. The molecule has 3 aliphatic rings. The van der Waals surface area contributed by atoms with Crippen molar-refractivity contribution < 1.29 is 31.0 Å². The summed E-state index contributed by atoms with van der Waals surface area (Å²) in [5.74, 6) is 0.849. The summed E-state index contributed by atoms with van der Waals surface area (Å²) in [7, 11) is 0. The number of rotatable bonds is 5. The number of halogens is 3. The molecule has 4 nitrogen and oxygen atoms in total. The fourth-order valence-corrected chi connectivity index (χ4v) is 6.57. The zero-order valence-corrected chi connectivity index (χ0v) is 24.7. The van der Waals surface area contributed by atoms with E-state index in [1.54, 1.807) is 17.7 Å². The van der Waals surface area contributed by atoms with E-state index in [9.17, 15) is 4.79 Å². The van der Waals surface area contributed by atoms with Crippen molar-refractivity contribution in [2.24, 2.45) is 0 Å². The van der Waals surface area contributed by atoms with Crippen molar-refractivity contribution in [2.45, 2.75) is 70.3 Å². The Labute approximate surface area is 241 Å². The van der Waals surface area contributed by atoms with Gasteiger partial charge in [0.15, 0.2) is 0 Å². The van der Waals surface area contributed by atoms with E-state index < -0.39 is 5.92 Å². The fourth-order valence-electron chi connectivity index (χ4n) is 6.21. The topological polar surface area (TPSA) is 38.3 Å². The molecule has 0 bridgehead atoms. The Balaban J connectivity index is 0.00000320. The third-order valence-corrected chi connectivity index (χ3v) is 8.86. The van der Waals surface area contributed by atoms with Gasteiger partial charge in [-0.15, -0.1) is 0 Å². The third kappa shape index (κ3) is 6.55. The van der Waals surface area contributed by atoms with Gasteiger partial charge in [-0.3, -0.25) is 4.79 Å². The summed E-state index contributed by atoms with van der Waals surface area (Å²) in [5.41, 5.74) is 3.24. The highest BCUT2D eigenvalue weighted by atomic mass is 79.9. The molecule has 0 spiro atoms. The number of likely N-dealkylation sites (N-methyl/N-ethyl adjacent to an activating group) is 1. The normalized spacial score (nSPS) is 25.2. The zero-order chi connectivity index (χ0) is 25.1. The van der Waals surface area contributed by atoms with E-state index in [0.717, 1.165) is 48.1 Å². The first kappa shape index (κ1) is 28.5. The van der Waals surface area contributed by atoms with E-state index in [-0.39, 0.29) is 28.9 Å². The Hall–Kier alpha value is -1.53. The second-order valence-corrected chi connectivity index (χ2v) is 11.6. The van der Waals surface area contributed by atoms with Crippen LogP contribution in [-0.2, 0) is 4.79 Å². The van der Waals surface area contributed by atoms with Crippen LogP contribution in [0.5, 0.6) is 11.5 Å². The van der Waals surface area contributed by atoms with Crippen molar-refractivity contribution >= 4 is 29.1 Å². The molecule has 1 N–H and O–H groups in total. The van der Waals surface area contributed by atoms with E-state index in [4.69, 9.17) is 27.9 Å². The van der Waals surface area contributed by atoms with Crippen LogP contribution in [0.2, 0.25) is 10.0 Å². The van der Waals surface area contributed by atoms with Crippen molar-refractivity contribution in [1.29, 1.82) is 0 Å². The van der Waals surface area contributed by atoms with Gasteiger partial charge in [0.2, 0.25) is 5.91 Å². The molecule has 1 amide bonds. The number of allylic oxidation sites excluding steroid dienone is 1. The van der Waals surface area contributed by atoms with Crippen LogP contribution in [0.1, 0.15) is 75.3 Å². The summed E-state index contributed by atoms with van der Waals surface area (Å²) in [5, 5.41) is 4.57. The lowest BCUT2D eigenvalue weighted by Crippen LogP contribution is -3.00. The number of nitrogens with one attached hydrogen (secondary N) is 1. The summed E-state index contributed by atoms with van der Waals surface area (Å²) >= 11 is 12.6. The maximum atomic E-state index is 13.8. The van der Waals surface area contributed by atoms with Gasteiger partial charge in [-0.1, -0.05) is 42.1 Å². The number of hydrogen-bond acceptors (Lipinski definition) is 2. The van der Waals surface area contributed by atoms with Gasteiger partial charge in [0.05, 0.1) is 25.6 Å². The maximum absolute atomic E-state index is 13.8. The van der Waals surface area contributed by atoms with Crippen molar-refractivity contribution in [3.63, 3.8) is 0 Å². The number of fused-ring (bicyclic) bond motifs is 2. The highest BCUT2D eigenvalue weighted by Crippen LogP contribution is 2.46. The van der Waals surface area contributed by atoms with E-state index in [0.29, 0.717) is 21.5 Å². The molecule has 200 valence electrons. The van der Waals surface area contributed by atoms with Crippen LogP contribution in [-0.4, -0.2) is 42.6 Å². The number of hydrogen-bond donors (Lipinski definition) is 1. The summed E-state index contributed by atoms with van der Waals surface area (Å²) in [6, 6.07) is 11.1. The molecule has 0 atom stereocenters. The van der Waals surface area contributed by atoms with Crippen molar-refractivity contribution in [3.8, 4) is 11.5 Å². The Kier molecular flexibility index (Phi) is 9.66. The minimum atomic E-state index is -0.492. The molecule has 2 aromatic carbocycles. The lowest BCUT2D eigenvalue weighted by molar-refractivity contribution is -0.927. The predicted molar refractivity (Wildman–Crippen MR) is 147 cm³/mol. The quantitative estimate of drug-likeness (QED) is 0.398. The number of carbonyl (C=O) groups excluding carboxylic acids is 1. The van der Waals surface area contributed by atoms with Crippen molar-refractivity contribution in [2.75, 3.05) is 26.2 Å². The highest BCUT2D eigenvalue weighted by molar-refractivity contribution is 6.31. The molecule has 7 heteroatoms. The van der Waals surface area contributed by atoms with Crippen LogP contribution in [0.4, 0.5) is 0 Å². The molecule has 37 heavy (non-hydrogen) atoms. The Bertz CT molecular complexity index is 1090. The number of nitrogens with zero attached hydrogens (tertiary/aromatic N) is 1. The summed E-state index contributed by atoms with van der Waals surface area (Å²) in [4.78, 5) is 13.8. The Morgan fingerprint density at radius 2 is 1.59 bits per heavy atom. The SMILES string of the molecule is CC[N+]1(C/C2=C/CCCCCC2)CCC(NC(=O)C2c3cc(Cl)ccc3Oc3ccc(Cl)cc32)CC1.[Br-]. The van der Waals surface area contributed by atoms with Crippen LogP contribution in [0.15, 0.2) is 48.0 Å². The van der Waals surface area contributed by atoms with Gasteiger partial charge in [-0.25, -0.2) is 0 Å². The van der Waals surface area contributed by atoms with Gasteiger partial charge in [-0.05, 0) is 74.6 Å². The molecule has 0 aromatic heterocycles. The third-order valence-electron chi connectivity index (χ3n) is 8.39. The molecule has 5 rings (SSSR count). The van der Waals surface area contributed by atoms with Gasteiger partial charge in [0.25, 0.3) is 0 Å². The van der Waals surface area contributed by atoms with Crippen LogP contribution < -0.4 is 27.0 Å². The minimum Gasteiger partial charge on any atom is -1.00 e. The second-order valence-electron chi connectivity index (χ2n) is 10.8. The van der Waals surface area contributed by atoms with Crippen molar-refractivity contribution in [1.82, 2.24) is 5.32 Å². The molecular formula is C30H37BrCl2N2O2. The Morgan fingerprint density at radius 1 is 0.973 bits per heavy atom. The smallest absolute Gasteiger partial charge is 0.232 e. The van der Waals surface area contributed by atoms with Gasteiger partial charge in [0, 0.05) is 40.1 Å². The fraction of sp³-hybridized carbons (Fsp3) is 0.500. The van der Waals surface area contributed by atoms with Crippen LogP contribution >= 0.6 is 23.2 Å². The van der Waals surface area contributed by atoms with Crippen LogP contribution in [0, 0.1) is 0 Å².